The molecule has 100 valence electrons. The summed E-state index contributed by atoms with van der Waals surface area (Å²) in [6.07, 6.45) is 3.87. The lowest BCUT2D eigenvalue weighted by Gasteiger charge is -2.22. The van der Waals surface area contributed by atoms with Crippen LogP contribution in [0, 0.1) is 0 Å². The smallest absolute Gasteiger partial charge is 0.214 e. The Hall–Kier alpha value is -1.40. The van der Waals surface area contributed by atoms with Gasteiger partial charge in [-0.2, -0.15) is 4.68 Å². The van der Waals surface area contributed by atoms with Crippen molar-refractivity contribution in [2.24, 2.45) is 0 Å². The first-order chi connectivity index (χ1) is 9.43. The van der Waals surface area contributed by atoms with E-state index in [9.17, 15) is 0 Å². The van der Waals surface area contributed by atoms with E-state index in [1.165, 1.54) is 19.3 Å². The third-order valence-electron chi connectivity index (χ3n) is 3.27. The van der Waals surface area contributed by atoms with Crippen LogP contribution in [-0.2, 0) is 0 Å². The monoisotopic (exact) mass is 275 g/mol. The van der Waals surface area contributed by atoms with Crippen molar-refractivity contribution in [1.82, 2.24) is 25.5 Å². The van der Waals surface area contributed by atoms with Gasteiger partial charge in [-0.15, -0.1) is 5.10 Å². The fourth-order valence-corrected chi connectivity index (χ4v) is 3.23. The summed E-state index contributed by atoms with van der Waals surface area (Å²) in [6.45, 7) is 1.13. The van der Waals surface area contributed by atoms with Crippen LogP contribution in [0.25, 0.3) is 5.69 Å². The van der Waals surface area contributed by atoms with Crippen LogP contribution in [0.1, 0.15) is 19.3 Å². The lowest BCUT2D eigenvalue weighted by Crippen LogP contribution is -2.35. The van der Waals surface area contributed by atoms with E-state index >= 15 is 0 Å². The maximum Gasteiger partial charge on any atom is 0.214 e. The predicted molar refractivity (Wildman–Crippen MR) is 75.5 cm³/mol. The predicted octanol–water partition coefficient (Wildman–Crippen LogP) is 1.90. The van der Waals surface area contributed by atoms with E-state index in [0.29, 0.717) is 6.04 Å². The number of thioether (sulfide) groups is 1. The Morgan fingerprint density at radius 2 is 2.16 bits per heavy atom. The Bertz CT molecular complexity index is 507. The van der Waals surface area contributed by atoms with Crippen LogP contribution in [0.5, 0.6) is 0 Å². The van der Waals surface area contributed by atoms with Gasteiger partial charge >= 0.3 is 0 Å². The van der Waals surface area contributed by atoms with E-state index in [0.717, 1.165) is 23.1 Å². The van der Waals surface area contributed by atoms with Gasteiger partial charge in [0.2, 0.25) is 5.16 Å². The van der Waals surface area contributed by atoms with Gasteiger partial charge in [-0.05, 0) is 41.9 Å². The van der Waals surface area contributed by atoms with Crippen LogP contribution >= 0.6 is 11.8 Å². The first-order valence-electron chi connectivity index (χ1n) is 6.63. The fourth-order valence-electron chi connectivity index (χ4n) is 2.24. The molecule has 0 saturated carbocycles. The molecular formula is C13H17N5S. The lowest BCUT2D eigenvalue weighted by molar-refractivity contribution is 0.429. The standard InChI is InChI=1S/C13H17N5S/c1-2-7-12(8-3-1)18-13(15-16-17-18)19-10-11-6-4-5-9-14-11/h1-3,7-8,11,14H,4-6,9-10H2/t11-/m1/s1. The third-order valence-corrected chi connectivity index (χ3v) is 4.35. The van der Waals surface area contributed by atoms with Crippen molar-refractivity contribution in [3.8, 4) is 5.69 Å². The van der Waals surface area contributed by atoms with Gasteiger partial charge in [0, 0.05) is 11.8 Å². The molecule has 0 radical (unpaired) electrons. The van der Waals surface area contributed by atoms with Crippen molar-refractivity contribution in [3.05, 3.63) is 30.3 Å². The molecule has 2 heterocycles. The molecule has 1 aromatic carbocycles. The summed E-state index contributed by atoms with van der Waals surface area (Å²) in [5.41, 5.74) is 1.01. The van der Waals surface area contributed by atoms with E-state index in [1.54, 1.807) is 16.4 Å². The topological polar surface area (TPSA) is 55.6 Å². The SMILES string of the molecule is c1ccc(-n2nnnc2SC[C@H]2CCCCN2)cc1. The highest BCUT2D eigenvalue weighted by atomic mass is 32.2. The van der Waals surface area contributed by atoms with E-state index in [2.05, 4.69) is 20.8 Å². The van der Waals surface area contributed by atoms with Crippen molar-refractivity contribution in [2.75, 3.05) is 12.3 Å². The molecule has 19 heavy (non-hydrogen) atoms. The summed E-state index contributed by atoms with van der Waals surface area (Å²) in [5.74, 6) is 1.02. The van der Waals surface area contributed by atoms with E-state index in [4.69, 9.17) is 0 Å². The highest BCUT2D eigenvalue weighted by molar-refractivity contribution is 7.99. The molecule has 1 fully saturated rings. The van der Waals surface area contributed by atoms with Crippen LogP contribution in [0.3, 0.4) is 0 Å². The normalized spacial score (nSPS) is 19.5. The average molecular weight is 275 g/mol. The molecule has 1 aliphatic heterocycles. The minimum Gasteiger partial charge on any atom is -0.313 e. The minimum absolute atomic E-state index is 0.583. The van der Waals surface area contributed by atoms with Crippen molar-refractivity contribution >= 4 is 11.8 Å². The molecule has 6 heteroatoms. The molecule has 1 aromatic heterocycles. The number of tetrazole rings is 1. The van der Waals surface area contributed by atoms with Crippen molar-refractivity contribution in [1.29, 1.82) is 0 Å². The van der Waals surface area contributed by atoms with Gasteiger partial charge in [0.05, 0.1) is 5.69 Å². The van der Waals surface area contributed by atoms with E-state index < -0.39 is 0 Å². The van der Waals surface area contributed by atoms with Gasteiger partial charge in [0.1, 0.15) is 0 Å². The van der Waals surface area contributed by atoms with E-state index in [1.807, 2.05) is 30.3 Å². The molecule has 5 nitrogen and oxygen atoms in total. The first kappa shape index (κ1) is 12.6. The quantitative estimate of drug-likeness (QED) is 0.864. The van der Waals surface area contributed by atoms with Gasteiger partial charge in [-0.25, -0.2) is 0 Å². The Kier molecular flexibility index (Phi) is 4.10. The highest BCUT2D eigenvalue weighted by Crippen LogP contribution is 2.21. The molecule has 1 aliphatic rings. The van der Waals surface area contributed by atoms with Gasteiger partial charge in [0.25, 0.3) is 0 Å². The maximum atomic E-state index is 4.11. The number of piperidine rings is 1. The summed E-state index contributed by atoms with van der Waals surface area (Å²) in [5, 5.41) is 16.4. The fraction of sp³-hybridized carbons (Fsp3) is 0.462. The zero-order valence-corrected chi connectivity index (χ0v) is 11.5. The highest BCUT2D eigenvalue weighted by Gasteiger charge is 2.15. The Morgan fingerprint density at radius 3 is 2.95 bits per heavy atom. The van der Waals surface area contributed by atoms with Crippen molar-refractivity contribution < 1.29 is 0 Å². The molecule has 3 rings (SSSR count). The molecule has 0 amide bonds. The lowest BCUT2D eigenvalue weighted by atomic mass is 10.1. The zero-order chi connectivity index (χ0) is 12.9. The summed E-state index contributed by atoms with van der Waals surface area (Å²) in [6, 6.07) is 10.6. The molecule has 0 aliphatic carbocycles. The number of benzene rings is 1. The first-order valence-corrected chi connectivity index (χ1v) is 7.62. The number of nitrogens with one attached hydrogen (secondary N) is 1. The minimum atomic E-state index is 0.583. The molecule has 0 spiro atoms. The average Bonchev–Trinajstić information content (AvgIpc) is 2.95. The summed E-state index contributed by atoms with van der Waals surface area (Å²) in [4.78, 5) is 0. The number of hydrogen-bond acceptors (Lipinski definition) is 5. The number of aromatic nitrogens is 4. The molecule has 1 atom stereocenters. The van der Waals surface area contributed by atoms with Crippen LogP contribution in [0.2, 0.25) is 0 Å². The summed E-state index contributed by atoms with van der Waals surface area (Å²) < 4.78 is 1.80. The maximum absolute atomic E-state index is 4.11. The second-order valence-electron chi connectivity index (χ2n) is 4.67. The summed E-state index contributed by atoms with van der Waals surface area (Å²) in [7, 11) is 0. The number of hydrogen-bond donors (Lipinski definition) is 1. The third kappa shape index (κ3) is 3.13. The Balaban J connectivity index is 1.67. The number of para-hydroxylation sites is 1. The van der Waals surface area contributed by atoms with Crippen LogP contribution in [-0.4, -0.2) is 38.5 Å². The van der Waals surface area contributed by atoms with Crippen LogP contribution < -0.4 is 5.32 Å². The Labute approximate surface area is 116 Å². The second kappa shape index (κ2) is 6.16. The Morgan fingerprint density at radius 1 is 1.26 bits per heavy atom. The second-order valence-corrected chi connectivity index (χ2v) is 5.65. The van der Waals surface area contributed by atoms with Crippen LogP contribution in [0.4, 0.5) is 0 Å². The molecule has 1 N–H and O–H groups in total. The van der Waals surface area contributed by atoms with Crippen molar-refractivity contribution in [2.45, 2.75) is 30.5 Å². The van der Waals surface area contributed by atoms with Gasteiger partial charge < -0.3 is 5.32 Å². The van der Waals surface area contributed by atoms with Crippen molar-refractivity contribution in [3.63, 3.8) is 0 Å². The largest absolute Gasteiger partial charge is 0.313 e. The van der Waals surface area contributed by atoms with Gasteiger partial charge in [-0.3, -0.25) is 0 Å². The van der Waals surface area contributed by atoms with Gasteiger partial charge in [-0.1, -0.05) is 36.4 Å². The molecule has 0 unspecified atom stereocenters. The number of nitrogens with zero attached hydrogens (tertiary/aromatic N) is 4. The van der Waals surface area contributed by atoms with Gasteiger partial charge in [0.15, 0.2) is 0 Å². The summed E-state index contributed by atoms with van der Waals surface area (Å²) >= 11 is 1.72. The molecule has 1 saturated heterocycles. The molecule has 2 aromatic rings. The molecule has 0 bridgehead atoms. The van der Waals surface area contributed by atoms with E-state index in [-0.39, 0.29) is 0 Å². The van der Waals surface area contributed by atoms with Crippen LogP contribution in [0.15, 0.2) is 35.5 Å². The zero-order valence-electron chi connectivity index (χ0n) is 10.7. The number of rotatable bonds is 4. The molecular weight excluding hydrogens is 258 g/mol.